The van der Waals surface area contributed by atoms with Crippen LogP contribution in [-0.4, -0.2) is 18.0 Å². The van der Waals surface area contributed by atoms with Crippen molar-refractivity contribution >= 4 is 5.71 Å². The van der Waals surface area contributed by atoms with Gasteiger partial charge in [-0.25, -0.2) is 0 Å². The molecule has 0 unspecified atom stereocenters. The standard InChI is InChI=1S/C12H19NO/c1-12(2,3)14-10-13-11-8-6-4-5-7-9-11/h4-6,8H,7,9-10H2,1-3H3. The molecule has 2 heteroatoms. The maximum atomic E-state index is 5.53. The summed E-state index contributed by atoms with van der Waals surface area (Å²) >= 11 is 0. The third kappa shape index (κ3) is 4.97. The first-order valence-corrected chi connectivity index (χ1v) is 5.08. The highest BCUT2D eigenvalue weighted by molar-refractivity contribution is 5.95. The third-order valence-electron chi connectivity index (χ3n) is 1.87. The molecule has 0 aromatic rings. The first kappa shape index (κ1) is 11.2. The Morgan fingerprint density at radius 3 is 2.86 bits per heavy atom. The van der Waals surface area contributed by atoms with Crippen LogP contribution in [0.2, 0.25) is 0 Å². The Kier molecular flexibility index (Phi) is 4.08. The van der Waals surface area contributed by atoms with Crippen LogP contribution in [0.25, 0.3) is 0 Å². The number of rotatable bonds is 2. The van der Waals surface area contributed by atoms with E-state index in [0.717, 1.165) is 18.6 Å². The summed E-state index contributed by atoms with van der Waals surface area (Å²) < 4.78 is 5.53. The lowest BCUT2D eigenvalue weighted by atomic mass is 10.2. The minimum atomic E-state index is -0.100. The van der Waals surface area contributed by atoms with Gasteiger partial charge >= 0.3 is 0 Å². The maximum Gasteiger partial charge on any atom is 0.138 e. The summed E-state index contributed by atoms with van der Waals surface area (Å²) in [5.41, 5.74) is 1.02. The zero-order valence-corrected chi connectivity index (χ0v) is 9.29. The average Bonchev–Trinajstić information content (AvgIpc) is 2.30. The quantitative estimate of drug-likeness (QED) is 0.660. The molecule has 1 rings (SSSR count). The van der Waals surface area contributed by atoms with E-state index in [1.54, 1.807) is 0 Å². The molecule has 0 fully saturated rings. The van der Waals surface area contributed by atoms with Crippen molar-refractivity contribution in [2.24, 2.45) is 4.99 Å². The summed E-state index contributed by atoms with van der Waals surface area (Å²) in [7, 11) is 0. The molecule has 0 saturated carbocycles. The van der Waals surface area contributed by atoms with Gasteiger partial charge in [0.2, 0.25) is 0 Å². The van der Waals surface area contributed by atoms with Crippen LogP contribution in [0.15, 0.2) is 29.3 Å². The number of aliphatic imine (C=N–C) groups is 1. The summed E-state index contributed by atoms with van der Waals surface area (Å²) in [6, 6.07) is 0. The van der Waals surface area contributed by atoms with Crippen LogP contribution >= 0.6 is 0 Å². The van der Waals surface area contributed by atoms with Crippen molar-refractivity contribution in [1.29, 1.82) is 0 Å². The molecule has 0 heterocycles. The van der Waals surface area contributed by atoms with Gasteiger partial charge in [0.25, 0.3) is 0 Å². The molecule has 14 heavy (non-hydrogen) atoms. The topological polar surface area (TPSA) is 21.6 Å². The molecule has 0 amide bonds. The summed E-state index contributed by atoms with van der Waals surface area (Å²) in [5, 5.41) is 0. The van der Waals surface area contributed by atoms with E-state index in [4.69, 9.17) is 4.74 Å². The van der Waals surface area contributed by atoms with Crippen LogP contribution in [0.1, 0.15) is 33.6 Å². The van der Waals surface area contributed by atoms with Crippen molar-refractivity contribution < 1.29 is 4.74 Å². The Morgan fingerprint density at radius 2 is 2.14 bits per heavy atom. The Bertz CT molecular complexity index is 256. The molecule has 78 valence electrons. The van der Waals surface area contributed by atoms with Crippen molar-refractivity contribution in [3.05, 3.63) is 24.3 Å². The fourth-order valence-electron chi connectivity index (χ4n) is 1.10. The molecule has 2 nitrogen and oxygen atoms in total. The molecule has 0 atom stereocenters. The third-order valence-corrected chi connectivity index (χ3v) is 1.87. The van der Waals surface area contributed by atoms with Crippen LogP contribution in [0.4, 0.5) is 0 Å². The number of ether oxygens (including phenoxy) is 1. The Morgan fingerprint density at radius 1 is 1.36 bits per heavy atom. The summed E-state index contributed by atoms with van der Waals surface area (Å²) in [5.74, 6) is 0. The first-order chi connectivity index (χ1) is 6.58. The minimum Gasteiger partial charge on any atom is -0.354 e. The van der Waals surface area contributed by atoms with Gasteiger partial charge in [-0.1, -0.05) is 18.2 Å². The molecule has 0 radical (unpaired) electrons. The van der Waals surface area contributed by atoms with E-state index in [-0.39, 0.29) is 5.60 Å². The number of hydrogen-bond acceptors (Lipinski definition) is 2. The van der Waals surface area contributed by atoms with E-state index >= 15 is 0 Å². The van der Waals surface area contributed by atoms with Crippen molar-refractivity contribution in [3.8, 4) is 0 Å². The van der Waals surface area contributed by atoms with E-state index in [0.29, 0.717) is 6.73 Å². The zero-order valence-electron chi connectivity index (χ0n) is 9.29. The molecule has 0 aromatic heterocycles. The number of allylic oxidation sites excluding steroid dienone is 4. The van der Waals surface area contributed by atoms with Gasteiger partial charge in [-0.15, -0.1) is 0 Å². The normalized spacial score (nSPS) is 20.1. The van der Waals surface area contributed by atoms with Gasteiger partial charge in [0, 0.05) is 5.71 Å². The average molecular weight is 193 g/mol. The molecule has 0 N–H and O–H groups in total. The van der Waals surface area contributed by atoms with Gasteiger partial charge in [-0.3, -0.25) is 4.99 Å². The van der Waals surface area contributed by atoms with E-state index in [1.165, 1.54) is 0 Å². The van der Waals surface area contributed by atoms with Crippen LogP contribution in [-0.2, 0) is 4.74 Å². The van der Waals surface area contributed by atoms with Gasteiger partial charge in [-0.05, 0) is 39.7 Å². The summed E-state index contributed by atoms with van der Waals surface area (Å²) in [4.78, 5) is 4.40. The van der Waals surface area contributed by atoms with Gasteiger partial charge in [0.1, 0.15) is 6.73 Å². The second-order valence-electron chi connectivity index (χ2n) is 4.36. The Hall–Kier alpha value is -0.890. The molecule has 0 bridgehead atoms. The Balaban J connectivity index is 2.37. The van der Waals surface area contributed by atoms with Gasteiger partial charge < -0.3 is 4.74 Å². The van der Waals surface area contributed by atoms with Crippen LogP contribution in [0.3, 0.4) is 0 Å². The van der Waals surface area contributed by atoms with Crippen molar-refractivity contribution in [2.45, 2.75) is 39.2 Å². The summed E-state index contributed by atoms with van der Waals surface area (Å²) in [6.07, 6.45) is 10.4. The molecule has 1 aliphatic rings. The second-order valence-corrected chi connectivity index (χ2v) is 4.36. The first-order valence-electron chi connectivity index (χ1n) is 5.08. The Labute approximate surface area is 86.4 Å². The fourth-order valence-corrected chi connectivity index (χ4v) is 1.10. The van der Waals surface area contributed by atoms with Crippen LogP contribution in [0, 0.1) is 0 Å². The fraction of sp³-hybridized carbons (Fsp3) is 0.583. The molecule has 0 spiro atoms. The highest BCUT2D eigenvalue weighted by Gasteiger charge is 2.08. The predicted molar refractivity (Wildman–Crippen MR) is 60.7 cm³/mol. The second kappa shape index (κ2) is 5.11. The van der Waals surface area contributed by atoms with Gasteiger partial charge in [0.05, 0.1) is 5.60 Å². The molecule has 1 aliphatic carbocycles. The largest absolute Gasteiger partial charge is 0.354 e. The number of hydrogen-bond donors (Lipinski definition) is 0. The zero-order chi connectivity index (χ0) is 10.4. The smallest absolute Gasteiger partial charge is 0.138 e. The van der Waals surface area contributed by atoms with Crippen molar-refractivity contribution in [3.63, 3.8) is 0 Å². The van der Waals surface area contributed by atoms with E-state index < -0.39 is 0 Å². The highest BCUT2D eigenvalue weighted by Crippen LogP contribution is 2.07. The molecular formula is C12H19NO. The highest BCUT2D eigenvalue weighted by atomic mass is 16.5. The van der Waals surface area contributed by atoms with Crippen LogP contribution in [0.5, 0.6) is 0 Å². The molecule has 0 aromatic carbocycles. The maximum absolute atomic E-state index is 5.53. The minimum absolute atomic E-state index is 0.100. The molecule has 0 aliphatic heterocycles. The lowest BCUT2D eigenvalue weighted by Crippen LogP contribution is -2.19. The summed E-state index contributed by atoms with van der Waals surface area (Å²) in [6.45, 7) is 6.58. The predicted octanol–water partition coefficient (Wildman–Crippen LogP) is 3.11. The monoisotopic (exact) mass is 193 g/mol. The molecular weight excluding hydrogens is 174 g/mol. The number of nitrogens with zero attached hydrogens (tertiary/aromatic N) is 1. The van der Waals surface area contributed by atoms with Crippen molar-refractivity contribution in [2.75, 3.05) is 6.73 Å². The van der Waals surface area contributed by atoms with E-state index in [2.05, 4.69) is 23.2 Å². The lowest BCUT2D eigenvalue weighted by molar-refractivity contribution is 0.00199. The van der Waals surface area contributed by atoms with Crippen molar-refractivity contribution in [1.82, 2.24) is 0 Å². The van der Waals surface area contributed by atoms with E-state index in [1.807, 2.05) is 26.8 Å². The van der Waals surface area contributed by atoms with Gasteiger partial charge in [-0.2, -0.15) is 0 Å². The van der Waals surface area contributed by atoms with E-state index in [9.17, 15) is 0 Å². The van der Waals surface area contributed by atoms with Crippen LogP contribution < -0.4 is 0 Å². The SMILES string of the molecule is CC(C)(C)OCN=C1C=CC=CCC1. The molecule has 0 saturated heterocycles. The van der Waals surface area contributed by atoms with Gasteiger partial charge in [0.15, 0.2) is 0 Å². The lowest BCUT2D eigenvalue weighted by Gasteiger charge is -2.17.